The Morgan fingerprint density at radius 3 is 2.58 bits per heavy atom. The molecular weight excluding hydrogens is 245 g/mol. The molecule has 0 atom stereocenters. The summed E-state index contributed by atoms with van der Waals surface area (Å²) in [5.74, 6) is -1.26. The monoisotopic (exact) mass is 263 g/mol. The molecule has 1 N–H and O–H groups in total. The lowest BCUT2D eigenvalue weighted by Crippen LogP contribution is -2.26. The molecule has 0 aliphatic heterocycles. The summed E-state index contributed by atoms with van der Waals surface area (Å²) in [6.45, 7) is 5.17. The summed E-state index contributed by atoms with van der Waals surface area (Å²) < 4.78 is 16.0. The molecule has 0 aliphatic rings. The van der Waals surface area contributed by atoms with Crippen molar-refractivity contribution in [1.29, 1.82) is 0 Å². The Labute approximate surface area is 111 Å². The third-order valence-corrected chi connectivity index (χ3v) is 3.66. The molecule has 1 heterocycles. The molecule has 0 saturated carbocycles. The Bertz CT molecular complexity index is 656. The molecule has 0 amide bonds. The molecule has 2 rings (SSSR count). The smallest absolute Gasteiger partial charge is 0.309 e. The van der Waals surface area contributed by atoms with E-state index in [2.05, 4.69) is 0 Å². The normalized spacial score (nSPS) is 12.1. The largest absolute Gasteiger partial charge is 0.481 e. The number of carboxylic acids is 1. The molecule has 3 nitrogen and oxygen atoms in total. The molecule has 0 unspecified atom stereocenters. The van der Waals surface area contributed by atoms with Crippen LogP contribution in [-0.2, 0) is 18.3 Å². The zero-order valence-corrected chi connectivity index (χ0v) is 11.6. The van der Waals surface area contributed by atoms with E-state index in [4.69, 9.17) is 5.11 Å². The number of aromatic nitrogens is 1. The summed E-state index contributed by atoms with van der Waals surface area (Å²) in [5.41, 5.74) is 1.44. The minimum absolute atomic E-state index is 0.175. The molecule has 0 spiro atoms. The summed E-state index contributed by atoms with van der Waals surface area (Å²) >= 11 is 0. The quantitative estimate of drug-likeness (QED) is 0.923. The Hall–Kier alpha value is -1.84. The predicted octanol–water partition coefficient (Wildman–Crippen LogP) is 3.28. The first-order valence-electron chi connectivity index (χ1n) is 6.20. The third-order valence-electron chi connectivity index (χ3n) is 3.66. The van der Waals surface area contributed by atoms with Crippen LogP contribution in [-0.4, -0.2) is 15.6 Å². The van der Waals surface area contributed by atoms with E-state index in [1.807, 2.05) is 24.6 Å². The maximum Gasteiger partial charge on any atom is 0.309 e. The van der Waals surface area contributed by atoms with Gasteiger partial charge in [-0.2, -0.15) is 0 Å². The van der Waals surface area contributed by atoms with Gasteiger partial charge in [0.1, 0.15) is 5.82 Å². The maximum absolute atomic E-state index is 14.1. The van der Waals surface area contributed by atoms with Crippen LogP contribution in [0.1, 0.15) is 25.1 Å². The average molecular weight is 263 g/mol. The lowest BCUT2D eigenvalue weighted by molar-refractivity contribution is -0.146. The van der Waals surface area contributed by atoms with Gasteiger partial charge in [0.25, 0.3) is 0 Å². The summed E-state index contributed by atoms with van der Waals surface area (Å²) in [6.07, 6.45) is 0.175. The van der Waals surface area contributed by atoms with Crippen LogP contribution in [0.2, 0.25) is 0 Å². The van der Waals surface area contributed by atoms with Gasteiger partial charge in [-0.1, -0.05) is 0 Å². The number of aliphatic carboxylic acids is 1. The predicted molar refractivity (Wildman–Crippen MR) is 72.7 cm³/mol. The van der Waals surface area contributed by atoms with Crippen LogP contribution in [0.15, 0.2) is 18.2 Å². The molecule has 102 valence electrons. The van der Waals surface area contributed by atoms with Gasteiger partial charge in [-0.15, -0.1) is 0 Å². The summed E-state index contributed by atoms with van der Waals surface area (Å²) in [5, 5.41) is 9.98. The van der Waals surface area contributed by atoms with Crippen LogP contribution >= 0.6 is 0 Å². The van der Waals surface area contributed by atoms with Crippen molar-refractivity contribution in [1.82, 2.24) is 4.57 Å². The number of hydrogen-bond acceptors (Lipinski definition) is 1. The Morgan fingerprint density at radius 1 is 1.37 bits per heavy atom. The summed E-state index contributed by atoms with van der Waals surface area (Å²) in [4.78, 5) is 11.1. The Morgan fingerprint density at radius 2 is 2.00 bits per heavy atom. The van der Waals surface area contributed by atoms with Gasteiger partial charge in [0, 0.05) is 23.6 Å². The first-order valence-corrected chi connectivity index (χ1v) is 6.20. The molecule has 0 saturated heterocycles. The number of rotatable bonds is 3. The Kier molecular flexibility index (Phi) is 3.12. The lowest BCUT2D eigenvalue weighted by Gasteiger charge is -2.19. The van der Waals surface area contributed by atoms with E-state index < -0.39 is 11.4 Å². The van der Waals surface area contributed by atoms with Crippen molar-refractivity contribution in [3.05, 3.63) is 35.3 Å². The number of carbonyl (C=O) groups is 1. The van der Waals surface area contributed by atoms with Crippen molar-refractivity contribution in [2.24, 2.45) is 12.5 Å². The molecule has 0 radical (unpaired) electrons. The van der Waals surface area contributed by atoms with Gasteiger partial charge in [-0.3, -0.25) is 4.79 Å². The second kappa shape index (κ2) is 4.37. The fraction of sp³-hybridized carbons (Fsp3) is 0.400. The minimum atomic E-state index is -0.977. The fourth-order valence-electron chi connectivity index (χ4n) is 2.23. The number of carboxylic acid groups (broad SMARTS) is 1. The van der Waals surface area contributed by atoms with E-state index in [0.717, 1.165) is 16.6 Å². The van der Waals surface area contributed by atoms with E-state index in [1.165, 1.54) is 6.07 Å². The zero-order valence-electron chi connectivity index (χ0n) is 11.6. The van der Waals surface area contributed by atoms with Crippen LogP contribution in [0.25, 0.3) is 10.9 Å². The number of fused-ring (bicyclic) bond motifs is 1. The number of nitrogens with zero attached hydrogens (tertiary/aromatic N) is 1. The van der Waals surface area contributed by atoms with Crippen LogP contribution in [0.5, 0.6) is 0 Å². The van der Waals surface area contributed by atoms with Crippen molar-refractivity contribution < 1.29 is 14.3 Å². The van der Waals surface area contributed by atoms with E-state index in [-0.39, 0.29) is 12.2 Å². The van der Waals surface area contributed by atoms with E-state index in [9.17, 15) is 9.18 Å². The van der Waals surface area contributed by atoms with Crippen molar-refractivity contribution in [3.63, 3.8) is 0 Å². The topological polar surface area (TPSA) is 42.2 Å². The van der Waals surface area contributed by atoms with Gasteiger partial charge >= 0.3 is 5.97 Å². The van der Waals surface area contributed by atoms with Crippen molar-refractivity contribution in [2.75, 3.05) is 0 Å². The first kappa shape index (κ1) is 13.6. The molecule has 0 aliphatic carbocycles. The van der Waals surface area contributed by atoms with Crippen LogP contribution in [0, 0.1) is 18.2 Å². The van der Waals surface area contributed by atoms with Gasteiger partial charge in [-0.05, 0) is 51.0 Å². The fourth-order valence-corrected chi connectivity index (χ4v) is 2.23. The van der Waals surface area contributed by atoms with Gasteiger partial charge in [0.15, 0.2) is 0 Å². The zero-order chi connectivity index (χ0) is 14.4. The standard InChI is InChI=1S/C15H18FNO2/c1-9-5-10-6-12(16)11(7-13(10)17(9)4)8-15(2,3)14(18)19/h5-7H,8H2,1-4H3,(H,18,19). The molecule has 0 bridgehead atoms. The molecule has 4 heteroatoms. The van der Waals surface area contributed by atoms with Gasteiger partial charge < -0.3 is 9.67 Å². The Balaban J connectivity index is 2.52. The van der Waals surface area contributed by atoms with Gasteiger partial charge in [0.05, 0.1) is 5.41 Å². The number of hydrogen-bond donors (Lipinski definition) is 1. The molecular formula is C15H18FNO2. The number of aryl methyl sites for hydroxylation is 2. The van der Waals surface area contributed by atoms with Crippen LogP contribution < -0.4 is 0 Å². The third kappa shape index (κ3) is 2.35. The SMILES string of the molecule is Cc1cc2cc(F)c(CC(C)(C)C(=O)O)cc2n1C. The highest BCUT2D eigenvalue weighted by atomic mass is 19.1. The summed E-state index contributed by atoms with van der Waals surface area (Å²) in [7, 11) is 1.92. The van der Waals surface area contributed by atoms with Crippen molar-refractivity contribution in [3.8, 4) is 0 Å². The van der Waals surface area contributed by atoms with E-state index >= 15 is 0 Å². The second-order valence-electron chi connectivity index (χ2n) is 5.71. The van der Waals surface area contributed by atoms with Crippen molar-refractivity contribution in [2.45, 2.75) is 27.2 Å². The van der Waals surface area contributed by atoms with Gasteiger partial charge in [-0.25, -0.2) is 4.39 Å². The molecule has 19 heavy (non-hydrogen) atoms. The lowest BCUT2D eigenvalue weighted by atomic mass is 9.85. The van der Waals surface area contributed by atoms with Gasteiger partial charge in [0.2, 0.25) is 0 Å². The van der Waals surface area contributed by atoms with E-state index in [0.29, 0.717) is 5.56 Å². The van der Waals surface area contributed by atoms with Crippen molar-refractivity contribution >= 4 is 16.9 Å². The highest BCUT2D eigenvalue weighted by Gasteiger charge is 2.28. The second-order valence-corrected chi connectivity index (χ2v) is 5.71. The van der Waals surface area contributed by atoms with E-state index in [1.54, 1.807) is 19.9 Å². The molecule has 0 fully saturated rings. The summed E-state index contributed by atoms with van der Waals surface area (Å²) in [6, 6.07) is 5.16. The maximum atomic E-state index is 14.1. The molecule has 1 aromatic heterocycles. The highest BCUT2D eigenvalue weighted by Crippen LogP contribution is 2.28. The average Bonchev–Trinajstić information content (AvgIpc) is 2.55. The first-order chi connectivity index (χ1) is 8.72. The molecule has 1 aromatic carbocycles. The van der Waals surface area contributed by atoms with Crippen LogP contribution in [0.3, 0.4) is 0 Å². The van der Waals surface area contributed by atoms with Crippen LogP contribution in [0.4, 0.5) is 4.39 Å². The number of halogens is 1. The highest BCUT2D eigenvalue weighted by molar-refractivity contribution is 5.82. The number of benzene rings is 1. The molecule has 2 aromatic rings. The minimum Gasteiger partial charge on any atom is -0.481 e.